The summed E-state index contributed by atoms with van der Waals surface area (Å²) in [6.07, 6.45) is 3.18. The van der Waals surface area contributed by atoms with Crippen LogP contribution in [0.4, 0.5) is 20.2 Å². The predicted molar refractivity (Wildman–Crippen MR) is 125 cm³/mol. The fourth-order valence-corrected chi connectivity index (χ4v) is 3.07. The second-order valence-electron chi connectivity index (χ2n) is 6.53. The summed E-state index contributed by atoms with van der Waals surface area (Å²) in [5, 5.41) is 15.2. The number of thiocarbonyl (C=S) groups is 2. The van der Waals surface area contributed by atoms with Crippen molar-refractivity contribution in [1.82, 2.24) is 10.9 Å². The lowest BCUT2D eigenvalue weighted by Crippen LogP contribution is -2.28. The summed E-state index contributed by atoms with van der Waals surface area (Å²) in [7, 11) is 0. The van der Waals surface area contributed by atoms with Gasteiger partial charge in [-0.15, -0.1) is 0 Å². The first-order chi connectivity index (χ1) is 14.5. The lowest BCUT2D eigenvalue weighted by atomic mass is 9.97. The third-order valence-electron chi connectivity index (χ3n) is 4.17. The molecule has 0 bridgehead atoms. The molecule has 30 heavy (non-hydrogen) atoms. The van der Waals surface area contributed by atoms with E-state index in [4.69, 9.17) is 24.4 Å². The highest BCUT2D eigenvalue weighted by atomic mass is 32.1. The molecule has 3 rings (SSSR count). The van der Waals surface area contributed by atoms with Crippen LogP contribution < -0.4 is 21.5 Å². The molecule has 1 aliphatic rings. The maximum absolute atomic E-state index is 12.9. The molecule has 0 aliphatic heterocycles. The third kappa shape index (κ3) is 7.12. The highest BCUT2D eigenvalue weighted by Crippen LogP contribution is 2.13. The molecule has 0 amide bonds. The summed E-state index contributed by atoms with van der Waals surface area (Å²) in [4.78, 5) is 0. The van der Waals surface area contributed by atoms with Gasteiger partial charge >= 0.3 is 0 Å². The van der Waals surface area contributed by atoms with Gasteiger partial charge in [-0.25, -0.2) is 8.78 Å². The van der Waals surface area contributed by atoms with Gasteiger partial charge in [0.05, 0.1) is 0 Å². The molecule has 0 unspecified atom stereocenters. The van der Waals surface area contributed by atoms with E-state index in [-0.39, 0.29) is 11.6 Å². The van der Waals surface area contributed by atoms with Gasteiger partial charge in [0, 0.05) is 29.2 Å². The lowest BCUT2D eigenvalue weighted by Gasteiger charge is -2.16. The molecular weight excluding hydrogens is 426 g/mol. The minimum absolute atomic E-state index is 0.311. The normalized spacial score (nSPS) is 16.2. The van der Waals surface area contributed by atoms with Crippen LogP contribution in [0.3, 0.4) is 0 Å². The van der Waals surface area contributed by atoms with E-state index in [0.29, 0.717) is 28.0 Å². The Kier molecular flexibility index (Phi) is 7.75. The fourth-order valence-electron chi connectivity index (χ4n) is 2.74. The molecule has 2 aromatic carbocycles. The van der Waals surface area contributed by atoms with Crippen molar-refractivity contribution >= 4 is 57.5 Å². The molecule has 1 aliphatic carbocycles. The monoisotopic (exact) mass is 446 g/mol. The smallest absolute Gasteiger partial charge is 0.191 e. The molecule has 10 heteroatoms. The molecule has 1 fully saturated rings. The van der Waals surface area contributed by atoms with Crippen molar-refractivity contribution in [2.24, 2.45) is 10.2 Å². The summed E-state index contributed by atoms with van der Waals surface area (Å²) in [6, 6.07) is 11.8. The van der Waals surface area contributed by atoms with Gasteiger partial charge in [0.25, 0.3) is 0 Å². The van der Waals surface area contributed by atoms with Crippen molar-refractivity contribution in [3.8, 4) is 0 Å². The zero-order chi connectivity index (χ0) is 21.3. The van der Waals surface area contributed by atoms with Crippen molar-refractivity contribution in [3.63, 3.8) is 0 Å². The summed E-state index contributed by atoms with van der Waals surface area (Å²) < 4.78 is 25.9. The summed E-state index contributed by atoms with van der Waals surface area (Å²) in [5.41, 5.74) is 8.80. The molecule has 156 valence electrons. The van der Waals surface area contributed by atoms with E-state index in [1.807, 2.05) is 0 Å². The van der Waals surface area contributed by atoms with E-state index in [2.05, 4.69) is 31.7 Å². The van der Waals surface area contributed by atoms with Crippen LogP contribution in [0.5, 0.6) is 0 Å². The SMILES string of the molecule is Fc1ccc(NC(=S)N/N=C2/CCC/C(=N\NC(=S)Nc3ccc(F)cc3)C2)cc1. The molecule has 2 aromatic rings. The minimum atomic E-state index is -0.311. The Balaban J connectivity index is 1.47. The molecule has 0 atom stereocenters. The van der Waals surface area contributed by atoms with E-state index >= 15 is 0 Å². The van der Waals surface area contributed by atoms with Crippen LogP contribution in [-0.2, 0) is 0 Å². The van der Waals surface area contributed by atoms with Gasteiger partial charge in [-0.2, -0.15) is 10.2 Å². The van der Waals surface area contributed by atoms with Gasteiger partial charge in [-0.05, 0) is 92.2 Å². The Morgan fingerprint density at radius 3 is 1.50 bits per heavy atom. The number of halogens is 2. The Morgan fingerprint density at radius 1 is 0.700 bits per heavy atom. The number of nitrogens with zero attached hydrogens (tertiary/aromatic N) is 2. The minimum Gasteiger partial charge on any atom is -0.331 e. The third-order valence-corrected chi connectivity index (χ3v) is 4.56. The summed E-state index contributed by atoms with van der Waals surface area (Å²) in [6.45, 7) is 0. The molecule has 1 saturated carbocycles. The maximum atomic E-state index is 12.9. The summed E-state index contributed by atoms with van der Waals surface area (Å²) in [5.74, 6) is -0.621. The molecule has 0 radical (unpaired) electrons. The van der Waals surface area contributed by atoms with Gasteiger partial charge in [-0.1, -0.05) is 0 Å². The van der Waals surface area contributed by atoms with Crippen LogP contribution in [0.1, 0.15) is 25.7 Å². The highest BCUT2D eigenvalue weighted by molar-refractivity contribution is 7.80. The Morgan fingerprint density at radius 2 is 1.10 bits per heavy atom. The van der Waals surface area contributed by atoms with E-state index < -0.39 is 0 Å². The number of benzene rings is 2. The first kappa shape index (κ1) is 21.7. The van der Waals surface area contributed by atoms with Gasteiger partial charge in [0.2, 0.25) is 0 Å². The van der Waals surface area contributed by atoms with Crippen LogP contribution in [0, 0.1) is 11.6 Å². The average molecular weight is 447 g/mol. The Labute approximate surface area is 183 Å². The topological polar surface area (TPSA) is 72.8 Å². The number of hydrogen-bond donors (Lipinski definition) is 4. The van der Waals surface area contributed by atoms with Gasteiger partial charge in [-0.3, -0.25) is 10.9 Å². The van der Waals surface area contributed by atoms with Crippen LogP contribution in [-0.4, -0.2) is 21.6 Å². The number of anilines is 2. The molecule has 0 heterocycles. The molecule has 0 spiro atoms. The second kappa shape index (κ2) is 10.7. The van der Waals surface area contributed by atoms with Crippen LogP contribution in [0.2, 0.25) is 0 Å². The Hall–Kier alpha value is -2.98. The summed E-state index contributed by atoms with van der Waals surface area (Å²) >= 11 is 10.4. The molecule has 4 N–H and O–H groups in total. The maximum Gasteiger partial charge on any atom is 0.191 e. The molecule has 6 nitrogen and oxygen atoms in total. The van der Waals surface area contributed by atoms with Crippen molar-refractivity contribution in [2.75, 3.05) is 10.6 Å². The predicted octanol–water partition coefficient (Wildman–Crippen LogP) is 4.52. The van der Waals surface area contributed by atoms with Gasteiger partial charge in [0.15, 0.2) is 10.2 Å². The number of rotatable bonds is 4. The van der Waals surface area contributed by atoms with Gasteiger partial charge < -0.3 is 10.6 Å². The fraction of sp³-hybridized carbons (Fsp3) is 0.200. The van der Waals surface area contributed by atoms with E-state index in [1.54, 1.807) is 24.3 Å². The van der Waals surface area contributed by atoms with Gasteiger partial charge in [0.1, 0.15) is 11.6 Å². The first-order valence-electron chi connectivity index (χ1n) is 9.24. The van der Waals surface area contributed by atoms with Crippen LogP contribution in [0.25, 0.3) is 0 Å². The van der Waals surface area contributed by atoms with Crippen molar-refractivity contribution < 1.29 is 8.78 Å². The van der Waals surface area contributed by atoms with Crippen molar-refractivity contribution in [1.29, 1.82) is 0 Å². The number of nitrogens with one attached hydrogen (secondary N) is 4. The Bertz CT molecular complexity index is 881. The first-order valence-corrected chi connectivity index (χ1v) is 10.1. The van der Waals surface area contributed by atoms with E-state index in [0.717, 1.165) is 30.7 Å². The van der Waals surface area contributed by atoms with Crippen molar-refractivity contribution in [3.05, 3.63) is 60.2 Å². The average Bonchev–Trinajstić information content (AvgIpc) is 2.74. The zero-order valence-electron chi connectivity index (χ0n) is 15.9. The largest absolute Gasteiger partial charge is 0.331 e. The highest BCUT2D eigenvalue weighted by Gasteiger charge is 2.14. The number of hydrazone groups is 2. The molecule has 0 aromatic heterocycles. The van der Waals surface area contributed by atoms with E-state index in [1.165, 1.54) is 24.3 Å². The standard InChI is InChI=1S/C20H20F2N6S2/c21-13-4-8-15(9-5-13)23-19(29)27-25-17-2-1-3-18(12-17)26-28-20(30)24-16-10-6-14(22)7-11-16/h4-11H,1-3,12H2,(H2,23,27,29)(H2,24,28,30)/b25-17-,26-18+. The van der Waals surface area contributed by atoms with Crippen molar-refractivity contribution in [2.45, 2.75) is 25.7 Å². The molecule has 0 saturated heterocycles. The number of hydrogen-bond acceptors (Lipinski definition) is 4. The van der Waals surface area contributed by atoms with E-state index in [9.17, 15) is 8.78 Å². The zero-order valence-corrected chi connectivity index (χ0v) is 17.5. The van der Waals surface area contributed by atoms with Crippen LogP contribution in [0.15, 0.2) is 58.7 Å². The second-order valence-corrected chi connectivity index (χ2v) is 7.35. The lowest BCUT2D eigenvalue weighted by molar-refractivity contribution is 0.627. The quantitative estimate of drug-likeness (QED) is 0.409. The molecular formula is C20H20F2N6S2. The van der Waals surface area contributed by atoms with Crippen LogP contribution >= 0.6 is 24.4 Å².